The predicted octanol–water partition coefficient (Wildman–Crippen LogP) is 2.10. The number of nitrogens with two attached hydrogens (primary N) is 1. The van der Waals surface area contributed by atoms with Gasteiger partial charge in [-0.2, -0.15) is 4.37 Å². The van der Waals surface area contributed by atoms with Crippen LogP contribution < -0.4 is 16.0 Å². The Morgan fingerprint density at radius 2 is 2.32 bits per heavy atom. The summed E-state index contributed by atoms with van der Waals surface area (Å²) in [5.74, 6) is 1.01. The number of rotatable bonds is 3. The molecule has 1 fully saturated rings. The maximum Gasteiger partial charge on any atom is 0.257 e. The quantitative estimate of drug-likeness (QED) is 0.890. The number of anilines is 2. The summed E-state index contributed by atoms with van der Waals surface area (Å²) in [6.45, 7) is 4.23. The first-order valence-corrected chi connectivity index (χ1v) is 7.66. The molecule has 1 aliphatic rings. The number of nitrogen functional groups attached to an aromatic ring is 1. The van der Waals surface area contributed by atoms with Crippen LogP contribution in [0.2, 0.25) is 0 Å². The van der Waals surface area contributed by atoms with Crippen molar-refractivity contribution in [3.63, 3.8) is 0 Å². The van der Waals surface area contributed by atoms with E-state index in [2.05, 4.69) is 21.5 Å². The van der Waals surface area contributed by atoms with Gasteiger partial charge in [0.25, 0.3) is 5.91 Å². The van der Waals surface area contributed by atoms with Crippen molar-refractivity contribution >= 4 is 28.3 Å². The molecule has 0 bridgehead atoms. The highest BCUT2D eigenvalue weighted by molar-refractivity contribution is 7.11. The SMILES string of the molecule is CCC1CCCN(c2snc(N)c2C(=O)NC)CC1. The van der Waals surface area contributed by atoms with Gasteiger partial charge in [-0.1, -0.05) is 13.3 Å². The molecule has 1 atom stereocenters. The molecule has 0 spiro atoms. The third kappa shape index (κ3) is 3.00. The summed E-state index contributed by atoms with van der Waals surface area (Å²) < 4.78 is 4.15. The number of nitrogens with one attached hydrogen (secondary N) is 1. The monoisotopic (exact) mass is 282 g/mol. The lowest BCUT2D eigenvalue weighted by molar-refractivity contribution is 0.0964. The van der Waals surface area contributed by atoms with Crippen molar-refractivity contribution in [2.75, 3.05) is 30.8 Å². The van der Waals surface area contributed by atoms with Gasteiger partial charge in [-0.15, -0.1) is 0 Å². The fraction of sp³-hybridized carbons (Fsp3) is 0.692. The molecule has 1 aromatic rings. The van der Waals surface area contributed by atoms with Crippen LogP contribution in [0, 0.1) is 5.92 Å². The molecule has 3 N–H and O–H groups in total. The van der Waals surface area contributed by atoms with Gasteiger partial charge in [0.15, 0.2) is 5.82 Å². The van der Waals surface area contributed by atoms with E-state index < -0.39 is 0 Å². The Labute approximate surface area is 118 Å². The molecule has 1 aromatic heterocycles. The normalized spacial score (nSPS) is 20.1. The van der Waals surface area contributed by atoms with Gasteiger partial charge in [-0.3, -0.25) is 4.79 Å². The Kier molecular flexibility index (Phi) is 4.63. The molecule has 1 amide bonds. The lowest BCUT2D eigenvalue weighted by Crippen LogP contribution is -2.27. The van der Waals surface area contributed by atoms with Gasteiger partial charge in [0.2, 0.25) is 0 Å². The standard InChI is InChI=1S/C13H22N4OS/c1-3-9-5-4-7-17(8-6-9)13-10(12(18)15-2)11(14)16-19-13/h9H,3-8H2,1-2H3,(H2,14,16)(H,15,18). The minimum Gasteiger partial charge on any atom is -0.382 e. The summed E-state index contributed by atoms with van der Waals surface area (Å²) in [4.78, 5) is 14.2. The fourth-order valence-corrected chi connectivity index (χ4v) is 3.49. The molecule has 0 saturated carbocycles. The Morgan fingerprint density at radius 3 is 3.00 bits per heavy atom. The molecule has 5 nitrogen and oxygen atoms in total. The van der Waals surface area contributed by atoms with Crippen LogP contribution in [0.15, 0.2) is 0 Å². The van der Waals surface area contributed by atoms with E-state index in [9.17, 15) is 4.79 Å². The minimum atomic E-state index is -0.141. The third-order valence-electron chi connectivity index (χ3n) is 3.87. The van der Waals surface area contributed by atoms with Crippen LogP contribution in [0.3, 0.4) is 0 Å². The van der Waals surface area contributed by atoms with E-state index in [0.717, 1.165) is 24.0 Å². The molecule has 19 heavy (non-hydrogen) atoms. The Morgan fingerprint density at radius 1 is 1.53 bits per heavy atom. The third-order valence-corrected chi connectivity index (χ3v) is 4.79. The first kappa shape index (κ1) is 14.1. The van der Waals surface area contributed by atoms with Gasteiger partial charge in [0, 0.05) is 20.1 Å². The van der Waals surface area contributed by atoms with Crippen molar-refractivity contribution in [2.45, 2.75) is 32.6 Å². The zero-order valence-electron chi connectivity index (χ0n) is 11.6. The molecule has 2 rings (SSSR count). The lowest BCUT2D eigenvalue weighted by Gasteiger charge is -2.21. The second-order valence-electron chi connectivity index (χ2n) is 5.02. The maximum atomic E-state index is 11.9. The highest BCUT2D eigenvalue weighted by atomic mass is 32.1. The predicted molar refractivity (Wildman–Crippen MR) is 79.8 cm³/mol. The van der Waals surface area contributed by atoms with Gasteiger partial charge >= 0.3 is 0 Å². The van der Waals surface area contributed by atoms with E-state index >= 15 is 0 Å². The second kappa shape index (κ2) is 6.23. The highest BCUT2D eigenvalue weighted by Gasteiger charge is 2.24. The molecule has 0 aromatic carbocycles. The van der Waals surface area contributed by atoms with Crippen LogP contribution >= 0.6 is 11.5 Å². The molecular formula is C13H22N4OS. The van der Waals surface area contributed by atoms with Crippen LogP contribution in [0.25, 0.3) is 0 Å². The number of hydrogen-bond acceptors (Lipinski definition) is 5. The highest BCUT2D eigenvalue weighted by Crippen LogP contribution is 2.33. The number of carbonyl (C=O) groups is 1. The van der Waals surface area contributed by atoms with E-state index in [4.69, 9.17) is 5.73 Å². The van der Waals surface area contributed by atoms with Crippen molar-refractivity contribution in [1.29, 1.82) is 0 Å². The second-order valence-corrected chi connectivity index (χ2v) is 5.77. The van der Waals surface area contributed by atoms with Gasteiger partial charge in [0.1, 0.15) is 10.6 Å². The molecule has 0 radical (unpaired) electrons. The van der Waals surface area contributed by atoms with E-state index in [-0.39, 0.29) is 5.91 Å². The largest absolute Gasteiger partial charge is 0.382 e. The first-order chi connectivity index (χ1) is 9.17. The van der Waals surface area contributed by atoms with Gasteiger partial charge in [-0.05, 0) is 36.7 Å². The van der Waals surface area contributed by atoms with Gasteiger partial charge in [0.05, 0.1) is 0 Å². The van der Waals surface area contributed by atoms with Crippen molar-refractivity contribution in [2.24, 2.45) is 5.92 Å². The van der Waals surface area contributed by atoms with Crippen molar-refractivity contribution in [3.05, 3.63) is 5.56 Å². The summed E-state index contributed by atoms with van der Waals surface area (Å²) in [6.07, 6.45) is 4.86. The summed E-state index contributed by atoms with van der Waals surface area (Å²) in [7, 11) is 1.62. The molecular weight excluding hydrogens is 260 g/mol. The first-order valence-electron chi connectivity index (χ1n) is 6.89. The van der Waals surface area contributed by atoms with Gasteiger partial charge < -0.3 is 16.0 Å². The summed E-state index contributed by atoms with van der Waals surface area (Å²) in [5.41, 5.74) is 6.37. The molecule has 0 aliphatic carbocycles. The van der Waals surface area contributed by atoms with Crippen LogP contribution in [0.1, 0.15) is 43.0 Å². The average Bonchev–Trinajstić information content (AvgIpc) is 2.66. The number of aromatic nitrogens is 1. The van der Waals surface area contributed by atoms with Crippen LogP contribution in [0.5, 0.6) is 0 Å². The van der Waals surface area contributed by atoms with E-state index in [1.54, 1.807) is 7.05 Å². The zero-order chi connectivity index (χ0) is 13.8. The summed E-state index contributed by atoms with van der Waals surface area (Å²) in [6, 6.07) is 0. The van der Waals surface area contributed by atoms with Crippen molar-refractivity contribution in [3.8, 4) is 0 Å². The molecule has 1 saturated heterocycles. The topological polar surface area (TPSA) is 71.2 Å². The number of carbonyl (C=O) groups excluding carboxylic acids is 1. The van der Waals surface area contributed by atoms with Gasteiger partial charge in [-0.25, -0.2) is 0 Å². The Hall–Kier alpha value is -1.30. The Balaban J connectivity index is 2.20. The number of amides is 1. The average molecular weight is 282 g/mol. The van der Waals surface area contributed by atoms with Crippen LogP contribution in [0.4, 0.5) is 10.8 Å². The molecule has 6 heteroatoms. The maximum absolute atomic E-state index is 11.9. The molecule has 1 unspecified atom stereocenters. The fourth-order valence-electron chi connectivity index (χ4n) is 2.62. The Bertz CT molecular complexity index is 446. The number of hydrogen-bond donors (Lipinski definition) is 2. The smallest absolute Gasteiger partial charge is 0.257 e. The van der Waals surface area contributed by atoms with E-state index in [0.29, 0.717) is 11.4 Å². The van der Waals surface area contributed by atoms with Crippen molar-refractivity contribution in [1.82, 2.24) is 9.69 Å². The molecule has 1 aliphatic heterocycles. The summed E-state index contributed by atoms with van der Waals surface area (Å²) in [5, 5.41) is 3.57. The minimum absolute atomic E-state index is 0.141. The van der Waals surface area contributed by atoms with Crippen molar-refractivity contribution < 1.29 is 4.79 Å². The van der Waals surface area contributed by atoms with E-state index in [1.165, 1.54) is 37.2 Å². The van der Waals surface area contributed by atoms with E-state index in [1.807, 2.05) is 0 Å². The summed E-state index contributed by atoms with van der Waals surface area (Å²) >= 11 is 1.33. The number of nitrogens with zero attached hydrogens (tertiary/aromatic N) is 2. The van der Waals surface area contributed by atoms with Crippen LogP contribution in [-0.2, 0) is 0 Å². The zero-order valence-corrected chi connectivity index (χ0v) is 12.4. The molecule has 2 heterocycles. The van der Waals surface area contributed by atoms with Crippen LogP contribution in [-0.4, -0.2) is 30.4 Å². The lowest BCUT2D eigenvalue weighted by atomic mass is 9.98. The molecule has 106 valence electrons.